The fourth-order valence-electron chi connectivity index (χ4n) is 4.81. The van der Waals surface area contributed by atoms with Crippen LogP contribution >= 0.6 is 0 Å². The summed E-state index contributed by atoms with van der Waals surface area (Å²) in [6, 6.07) is 0. The second-order valence-electron chi connectivity index (χ2n) is 8.36. The minimum atomic E-state index is -0.287. The van der Waals surface area contributed by atoms with Crippen molar-refractivity contribution in [2.75, 3.05) is 43.5 Å². The predicted molar refractivity (Wildman–Crippen MR) is 106 cm³/mol. The predicted octanol–water partition coefficient (Wildman–Crippen LogP) is 1.56. The van der Waals surface area contributed by atoms with E-state index in [1.165, 1.54) is 5.69 Å². The minimum absolute atomic E-state index is 0.232. The van der Waals surface area contributed by atoms with Gasteiger partial charge in [-0.3, -0.25) is 4.79 Å². The lowest BCUT2D eigenvalue weighted by Crippen LogP contribution is -2.59. The molecule has 0 atom stereocenters. The van der Waals surface area contributed by atoms with E-state index in [0.29, 0.717) is 5.91 Å². The second kappa shape index (κ2) is 6.46. The zero-order valence-corrected chi connectivity index (χ0v) is 16.6. The highest BCUT2D eigenvalue weighted by Gasteiger charge is 2.51. The van der Waals surface area contributed by atoms with Gasteiger partial charge in [0, 0.05) is 64.2 Å². The Morgan fingerprint density at radius 1 is 1.14 bits per heavy atom. The molecule has 148 valence electrons. The zero-order chi connectivity index (χ0) is 19.3. The Balaban J connectivity index is 1.45. The second-order valence-corrected chi connectivity index (χ2v) is 8.36. The van der Waals surface area contributed by atoms with Gasteiger partial charge in [-0.05, 0) is 25.7 Å². The first kappa shape index (κ1) is 17.5. The Hall–Kier alpha value is -2.64. The number of carbonyl (C=O) groups is 1. The van der Waals surface area contributed by atoms with Crippen LogP contribution in [0.4, 0.5) is 11.6 Å². The van der Waals surface area contributed by atoms with Crippen molar-refractivity contribution in [3.05, 3.63) is 30.1 Å². The van der Waals surface area contributed by atoms with Crippen LogP contribution in [0.15, 0.2) is 18.7 Å². The molecule has 3 aliphatic rings. The fourth-order valence-corrected chi connectivity index (χ4v) is 4.81. The first-order chi connectivity index (χ1) is 13.6. The summed E-state index contributed by atoms with van der Waals surface area (Å²) in [5.41, 5.74) is 1.99. The summed E-state index contributed by atoms with van der Waals surface area (Å²) in [7, 11) is 3.98. The molecule has 4 heterocycles. The van der Waals surface area contributed by atoms with Crippen molar-refractivity contribution < 1.29 is 4.79 Å². The molecule has 2 aliphatic heterocycles. The number of H-pyrrole nitrogens is 1. The Morgan fingerprint density at radius 2 is 1.89 bits per heavy atom. The van der Waals surface area contributed by atoms with Crippen molar-refractivity contribution in [1.82, 2.24) is 24.8 Å². The first-order valence-corrected chi connectivity index (χ1v) is 10.2. The van der Waals surface area contributed by atoms with Crippen LogP contribution in [-0.2, 0) is 16.8 Å². The maximum atomic E-state index is 13.1. The molecule has 0 aromatic carbocycles. The number of hydrogen-bond acceptors (Lipinski definition) is 6. The number of piperidine rings is 1. The summed E-state index contributed by atoms with van der Waals surface area (Å²) in [5.74, 6) is 2.36. The van der Waals surface area contributed by atoms with E-state index in [0.717, 1.165) is 69.1 Å². The molecule has 2 aromatic rings. The fraction of sp³-hybridized carbons (Fsp3) is 0.600. The van der Waals surface area contributed by atoms with E-state index >= 15 is 0 Å². The maximum absolute atomic E-state index is 13.1. The Morgan fingerprint density at radius 3 is 2.61 bits per heavy atom. The van der Waals surface area contributed by atoms with Crippen LogP contribution in [0.5, 0.6) is 0 Å². The van der Waals surface area contributed by atoms with Gasteiger partial charge < -0.3 is 19.7 Å². The highest BCUT2D eigenvalue weighted by Crippen LogP contribution is 2.46. The van der Waals surface area contributed by atoms with Gasteiger partial charge in [-0.25, -0.2) is 15.0 Å². The average molecular weight is 381 g/mol. The number of nitrogens with zero attached hydrogens (tertiary/aromatic N) is 6. The normalized spacial score (nSPS) is 20.9. The number of carbonyl (C=O) groups excluding carboxylic acids is 1. The smallest absolute Gasteiger partial charge is 0.226 e. The number of rotatable bonds is 3. The minimum Gasteiger partial charge on any atom is -0.360 e. The highest BCUT2D eigenvalue weighted by molar-refractivity contribution is 5.82. The molecular formula is C20H27N7O. The van der Waals surface area contributed by atoms with E-state index in [2.05, 4.69) is 29.7 Å². The summed E-state index contributed by atoms with van der Waals surface area (Å²) >= 11 is 0. The molecule has 1 amide bonds. The van der Waals surface area contributed by atoms with E-state index < -0.39 is 0 Å². The number of hydrogen-bond donors (Lipinski definition) is 1. The summed E-state index contributed by atoms with van der Waals surface area (Å²) < 4.78 is 0. The third-order valence-corrected chi connectivity index (χ3v) is 6.43. The number of anilines is 2. The number of nitrogens with one attached hydrogen (secondary N) is 1. The lowest BCUT2D eigenvalue weighted by molar-refractivity contribution is -0.142. The molecule has 8 nitrogen and oxygen atoms in total. The van der Waals surface area contributed by atoms with Crippen molar-refractivity contribution >= 4 is 17.5 Å². The number of aromatic amines is 1. The van der Waals surface area contributed by atoms with Gasteiger partial charge in [-0.2, -0.15) is 0 Å². The van der Waals surface area contributed by atoms with Gasteiger partial charge in [-0.15, -0.1) is 0 Å². The maximum Gasteiger partial charge on any atom is 0.226 e. The molecule has 1 saturated carbocycles. The molecule has 0 unspecified atom stereocenters. The van der Waals surface area contributed by atoms with Crippen molar-refractivity contribution in [3.8, 4) is 0 Å². The summed E-state index contributed by atoms with van der Waals surface area (Å²) in [6.45, 7) is 2.46. The number of amides is 1. The topological polar surface area (TPSA) is 81.2 Å². The van der Waals surface area contributed by atoms with E-state index in [9.17, 15) is 4.79 Å². The van der Waals surface area contributed by atoms with E-state index in [1.54, 1.807) is 18.7 Å². The van der Waals surface area contributed by atoms with E-state index in [1.807, 2.05) is 19.0 Å². The molecule has 1 saturated heterocycles. The van der Waals surface area contributed by atoms with Crippen molar-refractivity contribution in [2.45, 2.75) is 37.6 Å². The molecule has 8 heteroatoms. The van der Waals surface area contributed by atoms with Gasteiger partial charge in [0.1, 0.15) is 0 Å². The summed E-state index contributed by atoms with van der Waals surface area (Å²) in [6.07, 6.45) is 9.96. The van der Waals surface area contributed by atoms with Gasteiger partial charge in [0.05, 0.1) is 17.6 Å². The average Bonchev–Trinajstić information content (AvgIpc) is 3.45. The van der Waals surface area contributed by atoms with Crippen LogP contribution in [-0.4, -0.2) is 64.5 Å². The lowest BCUT2D eigenvalue weighted by atomic mass is 9.78. The molecular weight excluding hydrogens is 354 g/mol. The van der Waals surface area contributed by atoms with Crippen LogP contribution in [0.2, 0.25) is 0 Å². The van der Waals surface area contributed by atoms with Crippen LogP contribution in [0.3, 0.4) is 0 Å². The third-order valence-electron chi connectivity index (χ3n) is 6.43. The number of fused-ring (bicyclic) bond motifs is 2. The van der Waals surface area contributed by atoms with E-state index in [-0.39, 0.29) is 11.5 Å². The quantitative estimate of drug-likeness (QED) is 0.869. The van der Waals surface area contributed by atoms with Crippen LogP contribution < -0.4 is 9.80 Å². The first-order valence-electron chi connectivity index (χ1n) is 10.2. The van der Waals surface area contributed by atoms with Crippen molar-refractivity contribution in [3.63, 3.8) is 0 Å². The molecule has 2 aromatic heterocycles. The summed E-state index contributed by atoms with van der Waals surface area (Å²) in [4.78, 5) is 36.7. The van der Waals surface area contributed by atoms with Crippen LogP contribution in [0.25, 0.3) is 0 Å². The Bertz CT molecular complexity index is 880. The lowest BCUT2D eigenvalue weighted by Gasteiger charge is -2.51. The molecule has 1 N–H and O–H groups in total. The third kappa shape index (κ3) is 2.65. The van der Waals surface area contributed by atoms with E-state index in [4.69, 9.17) is 0 Å². The standard InChI is InChI=1S/C20H27N7O/c1-25(2)17-18(22-9-8-21-17)26-11-6-20(7-12-26)16-15(23-13-24-16)5-10-27(20)19(28)14-3-4-14/h8-9,13-14H,3-7,10-12H2,1-2H3,(H,23,24). The molecule has 2 fully saturated rings. The molecule has 0 bridgehead atoms. The van der Waals surface area contributed by atoms with Crippen LogP contribution in [0.1, 0.15) is 37.1 Å². The Labute approximate surface area is 165 Å². The molecule has 1 spiro atoms. The molecule has 1 aliphatic carbocycles. The molecule has 5 rings (SSSR count). The van der Waals surface area contributed by atoms with Gasteiger partial charge in [0.15, 0.2) is 11.6 Å². The SMILES string of the molecule is CN(C)c1nccnc1N1CCC2(CC1)c1nc[nH]c1CCN2C(=O)C1CC1. The van der Waals surface area contributed by atoms with Gasteiger partial charge >= 0.3 is 0 Å². The largest absolute Gasteiger partial charge is 0.360 e. The number of imidazole rings is 1. The van der Waals surface area contributed by atoms with Gasteiger partial charge in [0.25, 0.3) is 0 Å². The Kier molecular flexibility index (Phi) is 4.03. The van der Waals surface area contributed by atoms with Gasteiger partial charge in [-0.1, -0.05) is 0 Å². The van der Waals surface area contributed by atoms with Crippen molar-refractivity contribution in [2.24, 2.45) is 5.92 Å². The van der Waals surface area contributed by atoms with Crippen molar-refractivity contribution in [1.29, 1.82) is 0 Å². The van der Waals surface area contributed by atoms with Gasteiger partial charge in [0.2, 0.25) is 5.91 Å². The van der Waals surface area contributed by atoms with Crippen LogP contribution in [0, 0.1) is 5.92 Å². The monoisotopic (exact) mass is 381 g/mol. The molecule has 0 radical (unpaired) electrons. The zero-order valence-electron chi connectivity index (χ0n) is 16.6. The number of aromatic nitrogens is 4. The summed E-state index contributed by atoms with van der Waals surface area (Å²) in [5, 5.41) is 0. The highest BCUT2D eigenvalue weighted by atomic mass is 16.2. The molecule has 28 heavy (non-hydrogen) atoms.